The number of benzene rings is 2. The Kier molecular flexibility index (Phi) is 7.39. The highest BCUT2D eigenvalue weighted by molar-refractivity contribution is 5.92. The Morgan fingerprint density at radius 2 is 1.83 bits per heavy atom. The van der Waals surface area contributed by atoms with Crippen molar-refractivity contribution in [3.63, 3.8) is 0 Å². The van der Waals surface area contributed by atoms with E-state index in [4.69, 9.17) is 4.42 Å². The van der Waals surface area contributed by atoms with Crippen LogP contribution in [0.4, 0.5) is 28.9 Å². The lowest BCUT2D eigenvalue weighted by molar-refractivity contribution is -0.150. The minimum absolute atomic E-state index is 0.122. The van der Waals surface area contributed by atoms with E-state index in [1.807, 2.05) is 35.2 Å². The third-order valence-corrected chi connectivity index (χ3v) is 6.02. The van der Waals surface area contributed by atoms with Crippen LogP contribution in [0.3, 0.4) is 0 Å². The van der Waals surface area contributed by atoms with Gasteiger partial charge in [-0.15, -0.1) is 0 Å². The van der Waals surface area contributed by atoms with E-state index in [2.05, 4.69) is 15.2 Å². The average molecular weight is 491 g/mol. The van der Waals surface area contributed by atoms with Gasteiger partial charge in [0.2, 0.25) is 11.8 Å². The number of carbonyl (C=O) groups excluding carboxylic acids is 1. The molecule has 1 fully saturated rings. The van der Waals surface area contributed by atoms with Gasteiger partial charge in [0.15, 0.2) is 0 Å². The van der Waals surface area contributed by atoms with E-state index in [1.165, 1.54) is 19.1 Å². The van der Waals surface area contributed by atoms with Crippen molar-refractivity contribution in [1.29, 1.82) is 0 Å². The number of nitrogens with one attached hydrogen (secondary N) is 1. The number of carbonyl (C=O) groups is 1. The molecular weight excluding hydrogens is 464 g/mol. The number of amides is 1. The predicted octanol–water partition coefficient (Wildman–Crippen LogP) is 5.25. The highest BCUT2D eigenvalue weighted by Gasteiger charge is 2.33. The number of hydrogen-bond acceptors (Lipinski definition) is 5. The zero-order valence-electron chi connectivity index (χ0n) is 19.1. The monoisotopic (exact) mass is 490 g/mol. The Bertz CT molecular complexity index is 1110. The summed E-state index contributed by atoms with van der Waals surface area (Å²) in [6, 6.07) is 13.9. The second kappa shape index (κ2) is 10.5. The van der Waals surface area contributed by atoms with Crippen LogP contribution in [0, 0.1) is 11.7 Å². The Balaban J connectivity index is 1.40. The molecule has 1 N–H and O–H groups in total. The maximum Gasteiger partial charge on any atom is 0.389 e. The number of hydrogen-bond donors (Lipinski definition) is 1. The zero-order chi connectivity index (χ0) is 25.0. The summed E-state index contributed by atoms with van der Waals surface area (Å²) in [6.45, 7) is 3.56. The quantitative estimate of drug-likeness (QED) is 0.459. The Labute approximate surface area is 200 Å². The van der Waals surface area contributed by atoms with Gasteiger partial charge in [-0.05, 0) is 23.8 Å². The standard InChI is InChI=1S/C25H26F4N4O2/c1-17(16-25(27,28)29)23(34)31-19-7-8-21(20(26)15-19)32-10-12-33(13-11-32)22(24-30-9-14-35-24)18-5-3-2-4-6-18/h2-9,14-15,17,22H,10-13,16H2,1H3,(H,31,34). The molecule has 0 spiro atoms. The Morgan fingerprint density at radius 3 is 2.43 bits per heavy atom. The van der Waals surface area contributed by atoms with Crippen molar-refractivity contribution < 1.29 is 26.8 Å². The summed E-state index contributed by atoms with van der Waals surface area (Å²) in [5, 5.41) is 2.37. The number of nitrogens with zero attached hydrogens (tertiary/aromatic N) is 3. The molecule has 4 rings (SSSR count). The molecule has 6 nitrogen and oxygen atoms in total. The van der Waals surface area contributed by atoms with Gasteiger partial charge in [0.25, 0.3) is 0 Å². The molecule has 0 aliphatic carbocycles. The van der Waals surface area contributed by atoms with Crippen LogP contribution in [-0.2, 0) is 4.79 Å². The van der Waals surface area contributed by atoms with Gasteiger partial charge in [-0.25, -0.2) is 9.37 Å². The number of aromatic nitrogens is 1. The van der Waals surface area contributed by atoms with Crippen LogP contribution in [0.2, 0.25) is 0 Å². The summed E-state index contributed by atoms with van der Waals surface area (Å²) >= 11 is 0. The van der Waals surface area contributed by atoms with Gasteiger partial charge in [-0.1, -0.05) is 37.3 Å². The summed E-state index contributed by atoms with van der Waals surface area (Å²) < 4.78 is 58.1. The number of alkyl halides is 3. The molecule has 1 amide bonds. The van der Waals surface area contributed by atoms with E-state index in [0.29, 0.717) is 37.8 Å². The first-order valence-corrected chi connectivity index (χ1v) is 11.3. The van der Waals surface area contributed by atoms with Crippen molar-refractivity contribution in [1.82, 2.24) is 9.88 Å². The molecule has 10 heteroatoms. The molecule has 1 aromatic heterocycles. The molecule has 3 aromatic rings. The van der Waals surface area contributed by atoms with Gasteiger partial charge in [0.05, 0.1) is 18.3 Å². The number of oxazole rings is 1. The highest BCUT2D eigenvalue weighted by atomic mass is 19.4. The summed E-state index contributed by atoms with van der Waals surface area (Å²) in [4.78, 5) is 20.5. The maximum atomic E-state index is 14.9. The molecule has 1 aliphatic heterocycles. The molecule has 2 heterocycles. The average Bonchev–Trinajstić information content (AvgIpc) is 3.34. The topological polar surface area (TPSA) is 61.6 Å². The van der Waals surface area contributed by atoms with E-state index in [9.17, 15) is 22.4 Å². The van der Waals surface area contributed by atoms with Crippen LogP contribution in [0.5, 0.6) is 0 Å². The van der Waals surface area contributed by atoms with E-state index in [-0.39, 0.29) is 11.7 Å². The van der Waals surface area contributed by atoms with E-state index >= 15 is 0 Å². The first kappa shape index (κ1) is 24.7. The SMILES string of the molecule is CC(CC(F)(F)F)C(=O)Nc1ccc(N2CCN(C(c3ccccc3)c3ncco3)CC2)c(F)c1. The molecule has 35 heavy (non-hydrogen) atoms. The van der Waals surface area contributed by atoms with Crippen molar-refractivity contribution in [3.8, 4) is 0 Å². The zero-order valence-corrected chi connectivity index (χ0v) is 19.1. The van der Waals surface area contributed by atoms with Crippen molar-refractivity contribution in [2.75, 3.05) is 36.4 Å². The third-order valence-electron chi connectivity index (χ3n) is 6.02. The van der Waals surface area contributed by atoms with Crippen molar-refractivity contribution >= 4 is 17.3 Å². The molecular formula is C25H26F4N4O2. The predicted molar refractivity (Wildman–Crippen MR) is 123 cm³/mol. The van der Waals surface area contributed by atoms with Crippen molar-refractivity contribution in [2.24, 2.45) is 5.92 Å². The Morgan fingerprint density at radius 1 is 1.11 bits per heavy atom. The number of anilines is 2. The first-order valence-electron chi connectivity index (χ1n) is 11.3. The second-order valence-electron chi connectivity index (χ2n) is 8.58. The Hall–Kier alpha value is -3.40. The molecule has 2 aromatic carbocycles. The van der Waals surface area contributed by atoms with Gasteiger partial charge in [-0.3, -0.25) is 9.69 Å². The lowest BCUT2D eigenvalue weighted by Gasteiger charge is -2.39. The molecule has 1 saturated heterocycles. The van der Waals surface area contributed by atoms with Crippen LogP contribution in [0.25, 0.3) is 0 Å². The molecule has 186 valence electrons. The fourth-order valence-electron chi connectivity index (χ4n) is 4.28. The third kappa shape index (κ3) is 6.19. The molecule has 0 saturated carbocycles. The summed E-state index contributed by atoms with van der Waals surface area (Å²) in [7, 11) is 0. The summed E-state index contributed by atoms with van der Waals surface area (Å²) in [5.74, 6) is -2.03. The minimum atomic E-state index is -4.44. The van der Waals surface area contributed by atoms with Crippen molar-refractivity contribution in [3.05, 3.63) is 78.3 Å². The van der Waals surface area contributed by atoms with E-state index in [1.54, 1.807) is 12.5 Å². The number of rotatable bonds is 7. The summed E-state index contributed by atoms with van der Waals surface area (Å²) in [6.07, 6.45) is -2.52. The van der Waals surface area contributed by atoms with Gasteiger partial charge < -0.3 is 14.6 Å². The lowest BCUT2D eigenvalue weighted by atomic mass is 10.0. The van der Waals surface area contributed by atoms with Gasteiger partial charge in [-0.2, -0.15) is 13.2 Å². The molecule has 2 unspecified atom stereocenters. The molecule has 1 aliphatic rings. The van der Waals surface area contributed by atoms with Crippen LogP contribution >= 0.6 is 0 Å². The normalized spacial score (nSPS) is 16.7. The fraction of sp³-hybridized carbons (Fsp3) is 0.360. The van der Waals surface area contributed by atoms with E-state index in [0.717, 1.165) is 11.6 Å². The molecule has 0 radical (unpaired) electrons. The fourth-order valence-corrected chi connectivity index (χ4v) is 4.28. The van der Waals surface area contributed by atoms with Crippen LogP contribution in [-0.4, -0.2) is 48.1 Å². The lowest BCUT2D eigenvalue weighted by Crippen LogP contribution is -2.48. The van der Waals surface area contributed by atoms with Gasteiger partial charge in [0.1, 0.15) is 18.1 Å². The van der Waals surface area contributed by atoms with E-state index < -0.39 is 30.2 Å². The molecule has 0 bridgehead atoms. The smallest absolute Gasteiger partial charge is 0.389 e. The maximum absolute atomic E-state index is 14.9. The highest BCUT2D eigenvalue weighted by Crippen LogP contribution is 2.31. The van der Waals surface area contributed by atoms with Crippen LogP contribution in [0.1, 0.15) is 30.8 Å². The number of halogens is 4. The van der Waals surface area contributed by atoms with Gasteiger partial charge >= 0.3 is 6.18 Å². The largest absolute Gasteiger partial charge is 0.447 e. The van der Waals surface area contributed by atoms with Crippen molar-refractivity contribution in [2.45, 2.75) is 25.6 Å². The number of piperazine rings is 1. The van der Waals surface area contributed by atoms with Gasteiger partial charge in [0, 0.05) is 37.8 Å². The van der Waals surface area contributed by atoms with Crippen LogP contribution in [0.15, 0.2) is 65.4 Å². The first-order chi connectivity index (χ1) is 16.7. The summed E-state index contributed by atoms with van der Waals surface area (Å²) in [5.41, 5.74) is 1.55. The second-order valence-corrected chi connectivity index (χ2v) is 8.58. The minimum Gasteiger partial charge on any atom is -0.447 e. The van der Waals surface area contributed by atoms with Crippen LogP contribution < -0.4 is 10.2 Å². The molecule has 2 atom stereocenters.